The normalized spacial score (nSPS) is 21.1. The van der Waals surface area contributed by atoms with Crippen molar-refractivity contribution in [2.75, 3.05) is 13.1 Å². The van der Waals surface area contributed by atoms with Gasteiger partial charge in [0.05, 0.1) is 11.0 Å². The van der Waals surface area contributed by atoms with E-state index in [1.54, 1.807) is 0 Å². The average molecular weight is 341 g/mol. The van der Waals surface area contributed by atoms with Crippen LogP contribution in [0.3, 0.4) is 0 Å². The number of amides is 1. The molecule has 0 bridgehead atoms. The number of imidazole rings is 1. The van der Waals surface area contributed by atoms with Crippen LogP contribution in [0.15, 0.2) is 24.3 Å². The van der Waals surface area contributed by atoms with Crippen LogP contribution < -0.4 is 0 Å². The Labute approximate surface area is 148 Å². The van der Waals surface area contributed by atoms with E-state index in [1.807, 2.05) is 11.0 Å². The van der Waals surface area contributed by atoms with Crippen molar-refractivity contribution in [3.8, 4) is 0 Å². The van der Waals surface area contributed by atoms with Gasteiger partial charge < -0.3 is 14.6 Å². The number of aliphatic hydroxyl groups is 1. The maximum atomic E-state index is 12.7. The van der Waals surface area contributed by atoms with Crippen molar-refractivity contribution >= 4 is 16.9 Å². The molecule has 1 saturated carbocycles. The van der Waals surface area contributed by atoms with E-state index in [4.69, 9.17) is 4.98 Å². The van der Waals surface area contributed by atoms with Gasteiger partial charge in [-0.25, -0.2) is 4.98 Å². The highest BCUT2D eigenvalue weighted by atomic mass is 16.3. The third-order valence-electron chi connectivity index (χ3n) is 5.93. The number of aryl methyl sites for hydroxylation is 1. The number of benzene rings is 1. The second-order valence-corrected chi connectivity index (χ2v) is 7.50. The SMILES string of the molecule is CCc1nc2ccccc2n1C1CCN(C(=O)C2(O)CCCC2)CC1. The fraction of sp³-hybridized carbons (Fsp3) is 0.600. The third-order valence-corrected chi connectivity index (χ3v) is 5.93. The molecule has 1 N–H and O–H groups in total. The van der Waals surface area contributed by atoms with Crippen molar-refractivity contribution in [1.29, 1.82) is 0 Å². The standard InChI is InChI=1S/C20H27N3O2/c1-2-18-21-16-7-3-4-8-17(16)23(18)15-9-13-22(14-10-15)19(24)20(25)11-5-6-12-20/h3-4,7-8,15,25H,2,5-6,9-14H2,1H3. The van der Waals surface area contributed by atoms with Gasteiger partial charge in [-0.2, -0.15) is 0 Å². The molecule has 1 saturated heterocycles. The van der Waals surface area contributed by atoms with Gasteiger partial charge in [0.2, 0.25) is 0 Å². The van der Waals surface area contributed by atoms with Crippen LogP contribution in [0.1, 0.15) is 57.3 Å². The second kappa shape index (κ2) is 6.45. The molecule has 134 valence electrons. The number of para-hydroxylation sites is 2. The molecule has 4 rings (SSSR count). The first-order valence-corrected chi connectivity index (χ1v) is 9.60. The van der Waals surface area contributed by atoms with Gasteiger partial charge in [0.15, 0.2) is 0 Å². The summed E-state index contributed by atoms with van der Waals surface area (Å²) in [5.41, 5.74) is 1.15. The summed E-state index contributed by atoms with van der Waals surface area (Å²) in [7, 11) is 0. The maximum Gasteiger partial charge on any atom is 0.254 e. The lowest BCUT2D eigenvalue weighted by Gasteiger charge is -2.37. The molecule has 2 aliphatic rings. The highest BCUT2D eigenvalue weighted by molar-refractivity contribution is 5.85. The second-order valence-electron chi connectivity index (χ2n) is 7.50. The number of aromatic nitrogens is 2. The Morgan fingerprint density at radius 3 is 2.60 bits per heavy atom. The summed E-state index contributed by atoms with van der Waals surface area (Å²) in [5, 5.41) is 10.6. The molecule has 2 fully saturated rings. The van der Waals surface area contributed by atoms with Crippen LogP contribution in [-0.2, 0) is 11.2 Å². The molecule has 1 amide bonds. The summed E-state index contributed by atoms with van der Waals surface area (Å²) < 4.78 is 2.38. The number of piperidine rings is 1. The number of hydrogen-bond donors (Lipinski definition) is 1. The zero-order valence-electron chi connectivity index (χ0n) is 14.9. The number of carbonyl (C=O) groups excluding carboxylic acids is 1. The third kappa shape index (κ3) is 2.84. The van der Waals surface area contributed by atoms with E-state index in [9.17, 15) is 9.90 Å². The molecular weight excluding hydrogens is 314 g/mol. The number of carbonyl (C=O) groups is 1. The fourth-order valence-corrected chi connectivity index (χ4v) is 4.55. The number of nitrogens with zero attached hydrogens (tertiary/aromatic N) is 3. The minimum absolute atomic E-state index is 0.0466. The topological polar surface area (TPSA) is 58.4 Å². The van der Waals surface area contributed by atoms with Crippen LogP contribution in [0.4, 0.5) is 0 Å². The Bertz CT molecular complexity index is 768. The molecule has 0 spiro atoms. The van der Waals surface area contributed by atoms with Gasteiger partial charge in [-0.1, -0.05) is 19.1 Å². The van der Waals surface area contributed by atoms with Crippen molar-refractivity contribution in [2.45, 2.75) is 63.5 Å². The van der Waals surface area contributed by atoms with Crippen LogP contribution in [0.5, 0.6) is 0 Å². The monoisotopic (exact) mass is 341 g/mol. The molecule has 25 heavy (non-hydrogen) atoms. The number of likely N-dealkylation sites (tertiary alicyclic amines) is 1. The summed E-state index contributed by atoms with van der Waals surface area (Å²) in [6.45, 7) is 3.59. The van der Waals surface area contributed by atoms with Crippen molar-refractivity contribution in [2.24, 2.45) is 0 Å². The smallest absolute Gasteiger partial charge is 0.254 e. The summed E-state index contributed by atoms with van der Waals surface area (Å²) in [4.78, 5) is 19.4. The largest absolute Gasteiger partial charge is 0.380 e. The lowest BCUT2D eigenvalue weighted by molar-refractivity contribution is -0.152. The zero-order valence-corrected chi connectivity index (χ0v) is 14.9. The van der Waals surface area contributed by atoms with Gasteiger partial charge in [0.25, 0.3) is 5.91 Å². The van der Waals surface area contributed by atoms with E-state index in [-0.39, 0.29) is 5.91 Å². The summed E-state index contributed by atoms with van der Waals surface area (Å²) in [5.74, 6) is 1.08. The van der Waals surface area contributed by atoms with Crippen LogP contribution in [-0.4, -0.2) is 44.2 Å². The minimum Gasteiger partial charge on any atom is -0.380 e. The van der Waals surface area contributed by atoms with Crippen LogP contribution >= 0.6 is 0 Å². The quantitative estimate of drug-likeness (QED) is 0.933. The minimum atomic E-state index is -1.09. The number of hydrogen-bond acceptors (Lipinski definition) is 3. The molecule has 1 aromatic heterocycles. The van der Waals surface area contributed by atoms with Gasteiger partial charge in [0, 0.05) is 25.6 Å². The Morgan fingerprint density at radius 1 is 1.24 bits per heavy atom. The molecule has 5 heteroatoms. The molecule has 0 atom stereocenters. The van der Waals surface area contributed by atoms with Crippen molar-refractivity contribution in [3.05, 3.63) is 30.1 Å². The van der Waals surface area contributed by atoms with E-state index < -0.39 is 5.60 Å². The fourth-order valence-electron chi connectivity index (χ4n) is 4.55. The van der Waals surface area contributed by atoms with Crippen molar-refractivity contribution in [1.82, 2.24) is 14.5 Å². The number of fused-ring (bicyclic) bond motifs is 1. The van der Waals surface area contributed by atoms with Crippen LogP contribution in [0, 0.1) is 0 Å². The number of rotatable bonds is 3. The first-order valence-electron chi connectivity index (χ1n) is 9.60. The molecule has 2 heterocycles. The lowest BCUT2D eigenvalue weighted by atomic mass is 9.97. The molecule has 5 nitrogen and oxygen atoms in total. The summed E-state index contributed by atoms with van der Waals surface area (Å²) in [6.07, 6.45) is 5.92. The highest BCUT2D eigenvalue weighted by Crippen LogP contribution is 2.34. The summed E-state index contributed by atoms with van der Waals surface area (Å²) in [6, 6.07) is 8.68. The first kappa shape index (κ1) is 16.6. The molecule has 0 radical (unpaired) electrons. The van der Waals surface area contributed by atoms with Gasteiger partial charge in [-0.3, -0.25) is 4.79 Å². The van der Waals surface area contributed by atoms with Crippen molar-refractivity contribution in [3.63, 3.8) is 0 Å². The maximum absolute atomic E-state index is 12.7. The van der Waals surface area contributed by atoms with E-state index in [0.717, 1.165) is 56.5 Å². The predicted octanol–water partition coefficient (Wildman–Crippen LogP) is 3.07. The van der Waals surface area contributed by atoms with E-state index in [0.29, 0.717) is 18.9 Å². The predicted molar refractivity (Wildman–Crippen MR) is 97.4 cm³/mol. The van der Waals surface area contributed by atoms with E-state index in [1.165, 1.54) is 5.52 Å². The van der Waals surface area contributed by atoms with Crippen LogP contribution in [0.25, 0.3) is 11.0 Å². The van der Waals surface area contributed by atoms with Gasteiger partial charge in [0.1, 0.15) is 11.4 Å². The van der Waals surface area contributed by atoms with E-state index in [2.05, 4.69) is 29.7 Å². The van der Waals surface area contributed by atoms with Gasteiger partial charge >= 0.3 is 0 Å². The Hall–Kier alpha value is -1.88. The molecule has 1 aromatic carbocycles. The Balaban J connectivity index is 1.52. The van der Waals surface area contributed by atoms with E-state index >= 15 is 0 Å². The van der Waals surface area contributed by atoms with Crippen molar-refractivity contribution < 1.29 is 9.90 Å². The highest BCUT2D eigenvalue weighted by Gasteiger charge is 2.42. The zero-order chi connectivity index (χ0) is 17.4. The molecular formula is C20H27N3O2. The average Bonchev–Trinajstić information content (AvgIpc) is 3.25. The molecule has 1 aliphatic carbocycles. The summed E-state index contributed by atoms with van der Waals surface area (Å²) >= 11 is 0. The Kier molecular flexibility index (Phi) is 4.28. The van der Waals surface area contributed by atoms with Crippen LogP contribution in [0.2, 0.25) is 0 Å². The van der Waals surface area contributed by atoms with Gasteiger partial charge in [-0.05, 0) is 50.7 Å². The first-order chi connectivity index (χ1) is 12.1. The molecule has 1 aliphatic heterocycles. The Morgan fingerprint density at radius 2 is 1.92 bits per heavy atom. The molecule has 0 unspecified atom stereocenters. The lowest BCUT2D eigenvalue weighted by Crippen LogP contribution is -2.50. The van der Waals surface area contributed by atoms with Gasteiger partial charge in [-0.15, -0.1) is 0 Å². The molecule has 2 aromatic rings.